The van der Waals surface area contributed by atoms with E-state index in [1.807, 2.05) is 25.1 Å². The van der Waals surface area contributed by atoms with Crippen LogP contribution in [-0.2, 0) is 0 Å². The molecule has 1 aromatic carbocycles. The van der Waals surface area contributed by atoms with Crippen LogP contribution in [0, 0.1) is 12.3 Å². The SMILES string of the molecule is Cc1ccc(Br)c(C(=O)NC2CCCCC2(C)C)c1. The first-order valence-corrected chi connectivity index (χ1v) is 7.76. The van der Waals surface area contributed by atoms with Crippen LogP contribution < -0.4 is 5.32 Å². The van der Waals surface area contributed by atoms with Gasteiger partial charge < -0.3 is 5.32 Å². The summed E-state index contributed by atoms with van der Waals surface area (Å²) in [5.74, 6) is 0.0375. The minimum Gasteiger partial charge on any atom is -0.349 e. The average molecular weight is 324 g/mol. The topological polar surface area (TPSA) is 29.1 Å². The van der Waals surface area contributed by atoms with Crippen molar-refractivity contribution in [3.05, 3.63) is 33.8 Å². The summed E-state index contributed by atoms with van der Waals surface area (Å²) in [5.41, 5.74) is 2.04. The molecular weight excluding hydrogens is 302 g/mol. The van der Waals surface area contributed by atoms with Gasteiger partial charge in [-0.25, -0.2) is 0 Å². The molecule has 0 bridgehead atoms. The zero-order chi connectivity index (χ0) is 14.0. The minimum atomic E-state index is 0.0375. The van der Waals surface area contributed by atoms with Crippen LogP contribution in [0.1, 0.15) is 55.5 Å². The molecule has 0 saturated heterocycles. The average Bonchev–Trinajstić information content (AvgIpc) is 2.34. The lowest BCUT2D eigenvalue weighted by Crippen LogP contribution is -2.46. The number of hydrogen-bond donors (Lipinski definition) is 1. The third-order valence-electron chi connectivity index (χ3n) is 4.18. The molecule has 0 aromatic heterocycles. The molecule has 1 aliphatic carbocycles. The van der Waals surface area contributed by atoms with Gasteiger partial charge in [-0.05, 0) is 53.2 Å². The predicted octanol–water partition coefficient (Wildman–Crippen LogP) is 4.46. The Morgan fingerprint density at radius 3 is 2.79 bits per heavy atom. The smallest absolute Gasteiger partial charge is 0.252 e. The highest BCUT2D eigenvalue weighted by Gasteiger charge is 2.33. The lowest BCUT2D eigenvalue weighted by molar-refractivity contribution is 0.0852. The van der Waals surface area contributed by atoms with E-state index in [4.69, 9.17) is 0 Å². The maximum atomic E-state index is 12.4. The summed E-state index contributed by atoms with van der Waals surface area (Å²) in [5, 5.41) is 3.22. The summed E-state index contributed by atoms with van der Waals surface area (Å²) in [6, 6.07) is 6.16. The zero-order valence-corrected chi connectivity index (χ0v) is 13.5. The summed E-state index contributed by atoms with van der Waals surface area (Å²) in [6.45, 7) is 6.51. The van der Waals surface area contributed by atoms with Crippen LogP contribution >= 0.6 is 15.9 Å². The summed E-state index contributed by atoms with van der Waals surface area (Å²) in [6.07, 6.45) is 4.76. The number of nitrogens with one attached hydrogen (secondary N) is 1. The molecule has 3 heteroatoms. The van der Waals surface area contributed by atoms with Crippen molar-refractivity contribution in [1.82, 2.24) is 5.32 Å². The molecule has 1 atom stereocenters. The maximum absolute atomic E-state index is 12.4. The van der Waals surface area contributed by atoms with E-state index in [9.17, 15) is 4.79 Å². The zero-order valence-electron chi connectivity index (χ0n) is 11.9. The summed E-state index contributed by atoms with van der Waals surface area (Å²) >= 11 is 3.46. The van der Waals surface area contributed by atoms with E-state index in [1.165, 1.54) is 19.3 Å². The normalized spacial score (nSPS) is 22.0. The fourth-order valence-corrected chi connectivity index (χ4v) is 3.24. The monoisotopic (exact) mass is 323 g/mol. The number of aryl methyl sites for hydroxylation is 1. The van der Waals surface area contributed by atoms with Crippen LogP contribution in [0.5, 0.6) is 0 Å². The molecule has 1 saturated carbocycles. The lowest BCUT2D eigenvalue weighted by atomic mass is 9.73. The van der Waals surface area contributed by atoms with E-state index < -0.39 is 0 Å². The molecule has 0 radical (unpaired) electrons. The van der Waals surface area contributed by atoms with Gasteiger partial charge in [-0.3, -0.25) is 4.79 Å². The van der Waals surface area contributed by atoms with Crippen LogP contribution in [0.2, 0.25) is 0 Å². The van der Waals surface area contributed by atoms with E-state index in [0.29, 0.717) is 0 Å². The first-order chi connectivity index (χ1) is 8.90. The van der Waals surface area contributed by atoms with E-state index in [2.05, 4.69) is 35.1 Å². The Kier molecular flexibility index (Phi) is 4.34. The van der Waals surface area contributed by atoms with E-state index in [0.717, 1.165) is 22.0 Å². The number of rotatable bonds is 2. The number of benzene rings is 1. The van der Waals surface area contributed by atoms with Crippen LogP contribution in [-0.4, -0.2) is 11.9 Å². The number of carbonyl (C=O) groups is 1. The molecular formula is C16H22BrNO. The van der Waals surface area contributed by atoms with Crippen LogP contribution in [0.25, 0.3) is 0 Å². The predicted molar refractivity (Wildman–Crippen MR) is 82.4 cm³/mol. The molecule has 1 fully saturated rings. The summed E-state index contributed by atoms with van der Waals surface area (Å²) in [4.78, 5) is 12.4. The second-order valence-electron chi connectivity index (χ2n) is 6.24. The molecule has 1 aliphatic rings. The maximum Gasteiger partial charge on any atom is 0.252 e. The largest absolute Gasteiger partial charge is 0.349 e. The second-order valence-corrected chi connectivity index (χ2v) is 7.10. The van der Waals surface area contributed by atoms with Crippen molar-refractivity contribution in [2.45, 2.75) is 52.5 Å². The highest BCUT2D eigenvalue weighted by atomic mass is 79.9. The Morgan fingerprint density at radius 1 is 1.37 bits per heavy atom. The third-order valence-corrected chi connectivity index (χ3v) is 4.87. The van der Waals surface area contributed by atoms with E-state index >= 15 is 0 Å². The first-order valence-electron chi connectivity index (χ1n) is 6.97. The van der Waals surface area contributed by atoms with Crippen molar-refractivity contribution in [2.75, 3.05) is 0 Å². The van der Waals surface area contributed by atoms with Gasteiger partial charge in [0.15, 0.2) is 0 Å². The molecule has 1 aromatic rings. The fraction of sp³-hybridized carbons (Fsp3) is 0.562. The molecule has 1 unspecified atom stereocenters. The van der Waals surface area contributed by atoms with Crippen LogP contribution in [0.4, 0.5) is 0 Å². The molecule has 2 nitrogen and oxygen atoms in total. The quantitative estimate of drug-likeness (QED) is 0.855. The highest BCUT2D eigenvalue weighted by molar-refractivity contribution is 9.10. The third kappa shape index (κ3) is 3.38. The van der Waals surface area contributed by atoms with Gasteiger partial charge in [0.05, 0.1) is 5.56 Å². The van der Waals surface area contributed by atoms with Gasteiger partial charge in [0.25, 0.3) is 5.91 Å². The van der Waals surface area contributed by atoms with Crippen molar-refractivity contribution in [1.29, 1.82) is 0 Å². The van der Waals surface area contributed by atoms with Gasteiger partial charge in [0, 0.05) is 10.5 Å². The Labute approximate surface area is 124 Å². The summed E-state index contributed by atoms with van der Waals surface area (Å²) < 4.78 is 0.865. The molecule has 2 rings (SSSR count). The van der Waals surface area contributed by atoms with Crippen LogP contribution in [0.3, 0.4) is 0 Å². The summed E-state index contributed by atoms with van der Waals surface area (Å²) in [7, 11) is 0. The van der Waals surface area contributed by atoms with E-state index in [-0.39, 0.29) is 17.4 Å². The van der Waals surface area contributed by atoms with Gasteiger partial charge in [-0.2, -0.15) is 0 Å². The van der Waals surface area contributed by atoms with Gasteiger partial charge in [0.2, 0.25) is 0 Å². The standard InChI is InChI=1S/C16H22BrNO/c1-11-7-8-13(17)12(10-11)15(19)18-14-6-4-5-9-16(14,2)3/h7-8,10,14H,4-6,9H2,1-3H3,(H,18,19). The van der Waals surface area contributed by atoms with Crippen LogP contribution in [0.15, 0.2) is 22.7 Å². The van der Waals surface area contributed by atoms with Crippen molar-refractivity contribution in [2.24, 2.45) is 5.41 Å². The Hall–Kier alpha value is -0.830. The number of halogens is 1. The Balaban J connectivity index is 2.14. The molecule has 0 spiro atoms. The lowest BCUT2D eigenvalue weighted by Gasteiger charge is -2.39. The molecule has 19 heavy (non-hydrogen) atoms. The number of hydrogen-bond acceptors (Lipinski definition) is 1. The first kappa shape index (κ1) is 14.6. The molecule has 0 aliphatic heterocycles. The minimum absolute atomic E-state index is 0.0375. The highest BCUT2D eigenvalue weighted by Crippen LogP contribution is 2.35. The van der Waals surface area contributed by atoms with Crippen molar-refractivity contribution >= 4 is 21.8 Å². The molecule has 0 heterocycles. The van der Waals surface area contributed by atoms with Gasteiger partial charge in [-0.1, -0.05) is 38.3 Å². The number of carbonyl (C=O) groups excluding carboxylic acids is 1. The molecule has 1 amide bonds. The van der Waals surface area contributed by atoms with Gasteiger partial charge >= 0.3 is 0 Å². The second kappa shape index (κ2) is 5.66. The van der Waals surface area contributed by atoms with Crippen molar-refractivity contribution in [3.8, 4) is 0 Å². The number of amides is 1. The fourth-order valence-electron chi connectivity index (χ4n) is 2.81. The van der Waals surface area contributed by atoms with Crippen molar-refractivity contribution in [3.63, 3.8) is 0 Å². The van der Waals surface area contributed by atoms with Gasteiger partial charge in [0.1, 0.15) is 0 Å². The van der Waals surface area contributed by atoms with Gasteiger partial charge in [-0.15, -0.1) is 0 Å². The van der Waals surface area contributed by atoms with E-state index in [1.54, 1.807) is 0 Å². The Bertz CT molecular complexity index is 482. The Morgan fingerprint density at radius 2 is 2.11 bits per heavy atom. The van der Waals surface area contributed by atoms with Crippen molar-refractivity contribution < 1.29 is 4.79 Å². The molecule has 1 N–H and O–H groups in total. The molecule has 104 valence electrons.